The van der Waals surface area contributed by atoms with Crippen molar-refractivity contribution in [1.29, 1.82) is 0 Å². The van der Waals surface area contributed by atoms with Crippen LogP contribution in [0.3, 0.4) is 0 Å². The summed E-state index contributed by atoms with van der Waals surface area (Å²) in [5.74, 6) is 0. The molecule has 1 aliphatic carbocycles. The topological polar surface area (TPSA) is 0 Å². The van der Waals surface area contributed by atoms with E-state index in [2.05, 4.69) is 137 Å². The maximum Gasteiger partial charge on any atom is 0.0510 e. The van der Waals surface area contributed by atoms with Crippen LogP contribution in [0, 0.1) is 0 Å². The quantitative estimate of drug-likeness (QED) is 0.349. The van der Waals surface area contributed by atoms with E-state index in [1.54, 1.807) is 22.3 Å². The first kappa shape index (κ1) is 27.9. The van der Waals surface area contributed by atoms with E-state index in [0.717, 1.165) is 0 Å². The highest BCUT2D eigenvalue weighted by atomic mass is 29.9. The summed E-state index contributed by atoms with van der Waals surface area (Å²) in [4.78, 5) is 0. The van der Waals surface area contributed by atoms with E-state index in [1.807, 2.05) is 0 Å². The van der Waals surface area contributed by atoms with Crippen LogP contribution in [0.1, 0.15) is 69.3 Å². The number of benzene rings is 2. The fourth-order valence-electron chi connectivity index (χ4n) is 8.33. The summed E-state index contributed by atoms with van der Waals surface area (Å²) < 4.78 is 0. The third-order valence-corrected chi connectivity index (χ3v) is 81.7. The third-order valence-electron chi connectivity index (χ3n) is 8.73. The summed E-state index contributed by atoms with van der Waals surface area (Å²) in [5.41, 5.74) is 10.5. The molecule has 2 aromatic carbocycles. The molecule has 0 amide bonds. The normalized spacial score (nSPS) is 16.0. The van der Waals surface area contributed by atoms with E-state index >= 15 is 0 Å². The lowest BCUT2D eigenvalue weighted by Crippen LogP contribution is -2.85. The van der Waals surface area contributed by atoms with Crippen LogP contribution in [0.4, 0.5) is 0 Å². The molecule has 0 aliphatic heterocycles. The van der Waals surface area contributed by atoms with Crippen LogP contribution in [-0.4, -0.2) is 29.4 Å². The smallest absolute Gasteiger partial charge is 0.0510 e. The standard InChI is InChI=1S/C30H52Si4/c1-29(2,3)22-16-18-24-25-19-17-23(30(4,5)6)21-27(25)28(26(24)20-22)34(31(7,8)9,32(10,11)12)33(13,14)15/h16-21,28H,1-15H3. The van der Waals surface area contributed by atoms with E-state index in [1.165, 1.54) is 11.1 Å². The van der Waals surface area contributed by atoms with Gasteiger partial charge >= 0.3 is 0 Å². The Morgan fingerprint density at radius 2 is 0.794 bits per heavy atom. The fourth-order valence-corrected chi connectivity index (χ4v) is 111. The summed E-state index contributed by atoms with van der Waals surface area (Å²) in [5, 5.41) is 0. The van der Waals surface area contributed by atoms with E-state index in [0.29, 0.717) is 5.54 Å². The van der Waals surface area contributed by atoms with Crippen molar-refractivity contribution in [3.63, 3.8) is 0 Å². The summed E-state index contributed by atoms with van der Waals surface area (Å²) in [6.07, 6.45) is 0. The molecule has 0 heterocycles. The second-order valence-corrected chi connectivity index (χ2v) is 56.9. The molecule has 188 valence electrons. The van der Waals surface area contributed by atoms with Crippen molar-refractivity contribution in [1.82, 2.24) is 0 Å². The first-order chi connectivity index (χ1) is 15.0. The Labute approximate surface area is 215 Å². The zero-order chi connectivity index (χ0) is 26.3. The molecule has 0 saturated heterocycles. The van der Waals surface area contributed by atoms with Crippen molar-refractivity contribution >= 4 is 29.4 Å². The van der Waals surface area contributed by atoms with Gasteiger partial charge < -0.3 is 0 Å². The van der Waals surface area contributed by atoms with Crippen molar-refractivity contribution in [3.05, 3.63) is 58.7 Å². The molecule has 0 atom stereocenters. The molecule has 34 heavy (non-hydrogen) atoms. The van der Waals surface area contributed by atoms with Crippen LogP contribution in [-0.2, 0) is 10.8 Å². The largest absolute Gasteiger partial charge is 0.0718 e. The predicted molar refractivity (Wildman–Crippen MR) is 167 cm³/mol. The van der Waals surface area contributed by atoms with E-state index < -0.39 is 29.4 Å². The molecule has 0 spiro atoms. The lowest BCUT2D eigenvalue weighted by Gasteiger charge is -2.61. The van der Waals surface area contributed by atoms with Crippen molar-refractivity contribution in [2.75, 3.05) is 0 Å². The van der Waals surface area contributed by atoms with Crippen LogP contribution in [0.2, 0.25) is 58.9 Å². The van der Waals surface area contributed by atoms with Gasteiger partial charge in [-0.1, -0.05) is 137 Å². The Morgan fingerprint density at radius 1 is 0.500 bits per heavy atom. The molecule has 0 fully saturated rings. The molecule has 4 heteroatoms. The van der Waals surface area contributed by atoms with Crippen LogP contribution in [0.15, 0.2) is 36.4 Å². The van der Waals surface area contributed by atoms with E-state index in [-0.39, 0.29) is 10.8 Å². The zero-order valence-corrected chi connectivity index (χ0v) is 29.0. The minimum atomic E-state index is -1.72. The van der Waals surface area contributed by atoms with Crippen molar-refractivity contribution < 1.29 is 0 Å². The average molecular weight is 525 g/mol. The first-order valence-electron chi connectivity index (χ1n) is 13.3. The highest BCUT2D eigenvalue weighted by molar-refractivity contribution is 7.89. The fraction of sp³-hybridized carbons (Fsp3) is 0.600. The molecule has 1 aliphatic rings. The molecule has 0 bridgehead atoms. The molecule has 0 aromatic heterocycles. The Balaban J connectivity index is 2.55. The van der Waals surface area contributed by atoms with Crippen molar-refractivity contribution in [2.45, 2.75) is 117 Å². The number of hydrogen-bond donors (Lipinski definition) is 0. The number of fused-ring (bicyclic) bond motifs is 3. The van der Waals surface area contributed by atoms with Gasteiger partial charge in [-0.05, 0) is 49.8 Å². The van der Waals surface area contributed by atoms with Gasteiger partial charge in [-0.2, -0.15) is 0 Å². The summed E-state index contributed by atoms with van der Waals surface area (Å²) in [7, 11) is -4.42. The maximum absolute atomic E-state index is 2.76. The van der Waals surface area contributed by atoms with Crippen molar-refractivity contribution in [3.8, 4) is 11.1 Å². The van der Waals surface area contributed by atoms with E-state index in [4.69, 9.17) is 0 Å². The monoisotopic (exact) mass is 524 g/mol. The number of hydrogen-bond acceptors (Lipinski definition) is 0. The van der Waals surface area contributed by atoms with Gasteiger partial charge in [0.1, 0.15) is 0 Å². The summed E-state index contributed by atoms with van der Waals surface area (Å²) >= 11 is 0. The lowest BCUT2D eigenvalue weighted by atomic mass is 9.85. The van der Waals surface area contributed by atoms with Gasteiger partial charge in [0, 0.05) is 22.8 Å². The zero-order valence-electron chi connectivity index (χ0n) is 25.0. The van der Waals surface area contributed by atoms with E-state index in [9.17, 15) is 0 Å². The second kappa shape index (κ2) is 8.16. The highest BCUT2D eigenvalue weighted by Crippen LogP contribution is 2.57. The van der Waals surface area contributed by atoms with Crippen LogP contribution in [0.25, 0.3) is 11.1 Å². The molecule has 0 radical (unpaired) electrons. The van der Waals surface area contributed by atoms with Gasteiger partial charge in [0.05, 0.1) is 6.63 Å². The van der Waals surface area contributed by atoms with Gasteiger partial charge in [0.15, 0.2) is 0 Å². The summed E-state index contributed by atoms with van der Waals surface area (Å²) in [6, 6.07) is 15.2. The maximum atomic E-state index is 2.76. The van der Waals surface area contributed by atoms with Crippen molar-refractivity contribution in [2.24, 2.45) is 0 Å². The highest BCUT2D eigenvalue weighted by Gasteiger charge is 2.67. The molecule has 2 aromatic rings. The molecular weight excluding hydrogens is 473 g/mol. The Hall–Kier alpha value is -0.692. The van der Waals surface area contributed by atoms with Gasteiger partial charge in [0.2, 0.25) is 0 Å². The minimum absolute atomic E-state index is 0.173. The minimum Gasteiger partial charge on any atom is -0.0718 e. The first-order valence-corrected chi connectivity index (χ1v) is 28.9. The summed E-state index contributed by atoms with van der Waals surface area (Å²) in [6.45, 7) is 37.4. The molecule has 0 unspecified atom stereocenters. The molecule has 3 rings (SSSR count). The number of rotatable bonds is 4. The van der Waals surface area contributed by atoms with Gasteiger partial charge in [-0.3, -0.25) is 0 Å². The van der Waals surface area contributed by atoms with Crippen LogP contribution in [0.5, 0.6) is 0 Å². The second-order valence-electron chi connectivity index (χ2n) is 16.1. The van der Waals surface area contributed by atoms with Gasteiger partial charge in [-0.25, -0.2) is 0 Å². The van der Waals surface area contributed by atoms with Crippen LogP contribution >= 0.6 is 0 Å². The lowest BCUT2D eigenvalue weighted by molar-refractivity contribution is 0.589. The Morgan fingerprint density at radius 3 is 1.03 bits per heavy atom. The average Bonchev–Trinajstić information content (AvgIpc) is 2.90. The molecule has 0 saturated carbocycles. The Bertz CT molecular complexity index is 978. The molecule has 0 N–H and O–H groups in total. The van der Waals surface area contributed by atoms with Gasteiger partial charge in [0.25, 0.3) is 0 Å². The predicted octanol–water partition coefficient (Wildman–Crippen LogP) is 9.63. The molecular formula is C30H52Si4. The van der Waals surface area contributed by atoms with Gasteiger partial charge in [-0.15, -0.1) is 0 Å². The molecule has 0 nitrogen and oxygen atoms in total. The van der Waals surface area contributed by atoms with Crippen LogP contribution < -0.4 is 0 Å². The SMILES string of the molecule is CC(C)(C)c1ccc2c(c1)C([Si]([Si](C)(C)C)([Si](C)(C)C)[Si](C)(C)C)c1cc(C(C)(C)C)ccc1-2. The third kappa shape index (κ3) is 4.24. The Kier molecular flexibility index (Phi) is 6.69.